The molecule has 4 rings (SSSR count). The number of nitrogens with one attached hydrogen (secondary N) is 1. The first-order chi connectivity index (χ1) is 16.7. The number of carboxylic acid groups (broad SMARTS) is 1. The molecule has 3 aromatic carbocycles. The van der Waals surface area contributed by atoms with Crippen molar-refractivity contribution in [3.63, 3.8) is 0 Å². The molecule has 0 bridgehead atoms. The van der Waals surface area contributed by atoms with Crippen molar-refractivity contribution >= 4 is 38.7 Å². The number of rotatable bonds is 7. The first-order valence-corrected chi connectivity index (χ1v) is 12.6. The summed E-state index contributed by atoms with van der Waals surface area (Å²) in [4.78, 5) is 25.4. The number of aromatic carboxylic acids is 1. The highest BCUT2D eigenvalue weighted by atomic mass is 32.2. The van der Waals surface area contributed by atoms with Gasteiger partial charge in [-0.25, -0.2) is 13.2 Å². The smallest absolute Gasteiger partial charge is 0.337 e. The quantitative estimate of drug-likeness (QED) is 0.452. The third-order valence-corrected chi connectivity index (χ3v) is 7.49. The van der Waals surface area contributed by atoms with E-state index in [2.05, 4.69) is 29.9 Å². The molecule has 0 spiro atoms. The van der Waals surface area contributed by atoms with Gasteiger partial charge in [0.1, 0.15) is 0 Å². The highest BCUT2D eigenvalue weighted by molar-refractivity contribution is 7.92. The van der Waals surface area contributed by atoms with E-state index < -0.39 is 16.0 Å². The van der Waals surface area contributed by atoms with Crippen molar-refractivity contribution in [3.8, 4) is 0 Å². The van der Waals surface area contributed by atoms with Crippen LogP contribution in [0.4, 0.5) is 11.4 Å². The van der Waals surface area contributed by atoms with Crippen molar-refractivity contribution in [1.82, 2.24) is 0 Å². The Kier molecular flexibility index (Phi) is 6.75. The van der Waals surface area contributed by atoms with E-state index >= 15 is 0 Å². The van der Waals surface area contributed by atoms with E-state index in [4.69, 9.17) is 0 Å². The number of nitrogens with zero attached hydrogens (tertiary/aromatic N) is 1. The predicted octanol–water partition coefficient (Wildman–Crippen LogP) is 4.99. The summed E-state index contributed by atoms with van der Waals surface area (Å²) in [6.07, 6.45) is 2.88. The van der Waals surface area contributed by atoms with Crippen molar-refractivity contribution in [2.75, 3.05) is 22.7 Å². The molecule has 180 valence electrons. The molecule has 0 aromatic heterocycles. The second-order valence-electron chi connectivity index (χ2n) is 8.46. The van der Waals surface area contributed by atoms with E-state index in [1.54, 1.807) is 12.1 Å². The van der Waals surface area contributed by atoms with Gasteiger partial charge in [0.05, 0.1) is 16.1 Å². The van der Waals surface area contributed by atoms with Crippen LogP contribution in [0.1, 0.15) is 45.2 Å². The summed E-state index contributed by atoms with van der Waals surface area (Å²) in [7, 11) is -3.96. The number of ketones is 1. The predicted molar refractivity (Wildman–Crippen MR) is 137 cm³/mol. The summed E-state index contributed by atoms with van der Waals surface area (Å²) >= 11 is 0. The molecule has 0 saturated carbocycles. The second kappa shape index (κ2) is 9.76. The monoisotopic (exact) mass is 490 g/mol. The molecule has 0 radical (unpaired) electrons. The van der Waals surface area contributed by atoms with E-state index in [0.29, 0.717) is 24.3 Å². The van der Waals surface area contributed by atoms with Crippen LogP contribution in [-0.2, 0) is 10.0 Å². The Bertz CT molecular complexity index is 1430. The van der Waals surface area contributed by atoms with Crippen LogP contribution in [0, 0.1) is 6.92 Å². The van der Waals surface area contributed by atoms with Crippen LogP contribution >= 0.6 is 0 Å². The average molecular weight is 491 g/mol. The molecule has 1 aliphatic heterocycles. The number of carboxylic acids is 1. The van der Waals surface area contributed by atoms with Gasteiger partial charge in [-0.3, -0.25) is 9.52 Å². The van der Waals surface area contributed by atoms with Crippen LogP contribution in [-0.4, -0.2) is 38.4 Å². The summed E-state index contributed by atoms with van der Waals surface area (Å²) in [6, 6.07) is 18.3. The van der Waals surface area contributed by atoms with Gasteiger partial charge >= 0.3 is 5.97 Å². The zero-order valence-corrected chi connectivity index (χ0v) is 20.3. The minimum Gasteiger partial charge on any atom is -0.478 e. The molecule has 2 N–H and O–H groups in total. The lowest BCUT2D eigenvalue weighted by atomic mass is 9.95. The SMILES string of the molecule is CC(=O)c1ccc(S(=O)(=O)Nc2ccc(N3CC=C(c4ccccc4C)CC3)c(C(=O)O)c2)cc1. The minimum atomic E-state index is -3.96. The molecule has 0 unspecified atom stereocenters. The number of sulfonamides is 1. The molecule has 0 saturated heterocycles. The second-order valence-corrected chi connectivity index (χ2v) is 10.1. The number of hydrogen-bond donors (Lipinski definition) is 2. The van der Waals surface area contributed by atoms with E-state index in [1.165, 1.54) is 54.0 Å². The minimum absolute atomic E-state index is 0.0184. The highest BCUT2D eigenvalue weighted by Crippen LogP contribution is 2.31. The lowest BCUT2D eigenvalue weighted by molar-refractivity contribution is 0.0697. The van der Waals surface area contributed by atoms with E-state index in [1.807, 2.05) is 17.0 Å². The Morgan fingerprint density at radius 3 is 2.31 bits per heavy atom. The summed E-state index contributed by atoms with van der Waals surface area (Å²) in [5.74, 6) is -1.30. The van der Waals surface area contributed by atoms with E-state index in [-0.39, 0.29) is 21.9 Å². The van der Waals surface area contributed by atoms with Gasteiger partial charge in [-0.15, -0.1) is 0 Å². The average Bonchev–Trinajstić information content (AvgIpc) is 2.84. The zero-order chi connectivity index (χ0) is 25.2. The van der Waals surface area contributed by atoms with Gasteiger partial charge in [-0.2, -0.15) is 0 Å². The van der Waals surface area contributed by atoms with E-state index in [9.17, 15) is 23.1 Å². The summed E-state index contributed by atoms with van der Waals surface area (Å²) in [5.41, 5.74) is 4.74. The molecule has 0 atom stereocenters. The third kappa shape index (κ3) is 5.27. The van der Waals surface area contributed by atoms with Crippen LogP contribution in [0.5, 0.6) is 0 Å². The standard InChI is InChI=1S/C27H26N2O5S/c1-18-5-3-4-6-24(18)21-13-15-29(16-14-21)26-12-9-22(17-25(26)27(31)32)28-35(33,34)23-10-7-20(8-11-23)19(2)30/h3-13,17,28H,14-16H2,1-2H3,(H,31,32). The molecule has 3 aromatic rings. The maximum Gasteiger partial charge on any atom is 0.337 e. The lowest BCUT2D eigenvalue weighted by Crippen LogP contribution is -2.30. The van der Waals surface area contributed by atoms with Gasteiger partial charge < -0.3 is 10.0 Å². The molecular weight excluding hydrogens is 464 g/mol. The van der Waals surface area contributed by atoms with Gasteiger partial charge in [0.25, 0.3) is 10.0 Å². The van der Waals surface area contributed by atoms with Crippen LogP contribution in [0.3, 0.4) is 0 Å². The van der Waals surface area contributed by atoms with Crippen LogP contribution in [0.2, 0.25) is 0 Å². The number of hydrogen-bond acceptors (Lipinski definition) is 5. The summed E-state index contributed by atoms with van der Waals surface area (Å²) < 4.78 is 28.0. The molecule has 8 heteroatoms. The normalized spacial score (nSPS) is 13.8. The molecule has 35 heavy (non-hydrogen) atoms. The molecule has 7 nitrogen and oxygen atoms in total. The summed E-state index contributed by atoms with van der Waals surface area (Å²) in [6.45, 7) is 4.67. The number of benzene rings is 3. The molecule has 1 aliphatic rings. The van der Waals surface area contributed by atoms with E-state index in [0.717, 1.165) is 6.42 Å². The summed E-state index contributed by atoms with van der Waals surface area (Å²) in [5, 5.41) is 9.83. The van der Waals surface area contributed by atoms with Gasteiger partial charge in [0.2, 0.25) is 0 Å². The lowest BCUT2D eigenvalue weighted by Gasteiger charge is -2.30. The Morgan fingerprint density at radius 1 is 1.00 bits per heavy atom. The topological polar surface area (TPSA) is 104 Å². The van der Waals surface area contributed by atoms with Gasteiger partial charge in [0.15, 0.2) is 5.78 Å². The number of carbonyl (C=O) groups excluding carboxylic acids is 1. The fourth-order valence-corrected chi connectivity index (χ4v) is 5.24. The van der Waals surface area contributed by atoms with Crippen molar-refractivity contribution in [1.29, 1.82) is 0 Å². The fraction of sp³-hybridized carbons (Fsp3) is 0.185. The van der Waals surface area contributed by atoms with Crippen molar-refractivity contribution < 1.29 is 23.1 Å². The third-order valence-electron chi connectivity index (χ3n) is 6.09. The molecule has 1 heterocycles. The number of carbonyl (C=O) groups is 2. The molecule has 0 amide bonds. The van der Waals surface area contributed by atoms with Crippen molar-refractivity contribution in [2.24, 2.45) is 0 Å². The number of Topliss-reactive ketones (excluding diaryl/α,β-unsaturated/α-hetero) is 1. The van der Waals surface area contributed by atoms with Crippen LogP contribution in [0.15, 0.2) is 77.7 Å². The Morgan fingerprint density at radius 2 is 1.71 bits per heavy atom. The Balaban J connectivity index is 1.56. The Hall–Kier alpha value is -3.91. The highest BCUT2D eigenvalue weighted by Gasteiger charge is 2.22. The fourth-order valence-electron chi connectivity index (χ4n) is 4.20. The van der Waals surface area contributed by atoms with Crippen LogP contribution < -0.4 is 9.62 Å². The molecular formula is C27H26N2O5S. The van der Waals surface area contributed by atoms with Crippen molar-refractivity contribution in [3.05, 3.63) is 95.1 Å². The molecule has 0 aliphatic carbocycles. The van der Waals surface area contributed by atoms with Crippen LogP contribution in [0.25, 0.3) is 5.57 Å². The first-order valence-electron chi connectivity index (χ1n) is 11.2. The number of aryl methyl sites for hydroxylation is 1. The zero-order valence-electron chi connectivity index (χ0n) is 19.5. The van der Waals surface area contributed by atoms with Gasteiger partial charge in [0, 0.05) is 24.3 Å². The first kappa shape index (κ1) is 24.2. The maximum absolute atomic E-state index is 12.8. The largest absolute Gasteiger partial charge is 0.478 e. The molecule has 0 fully saturated rings. The number of anilines is 2. The van der Waals surface area contributed by atoms with Gasteiger partial charge in [-0.05, 0) is 67.3 Å². The van der Waals surface area contributed by atoms with Crippen molar-refractivity contribution in [2.45, 2.75) is 25.2 Å². The van der Waals surface area contributed by atoms with Gasteiger partial charge in [-0.1, -0.05) is 42.5 Å². The maximum atomic E-state index is 12.8. The Labute approximate surface area is 204 Å².